The molecule has 2 heteroatoms. The molecule has 1 aliphatic rings. The zero-order valence-electron chi connectivity index (χ0n) is 3.10. The largest absolute Gasteiger partial charge is 0.296 e. The molecular weight excluding hydrogens is 84.1 g/mol. The molecule has 30 valence electrons. The van der Waals surface area contributed by atoms with Crippen LogP contribution in [0.4, 0.5) is 0 Å². The quantitative estimate of drug-likeness (QED) is 0.356. The fourth-order valence-corrected chi connectivity index (χ4v) is 0.526. The molecule has 1 saturated heterocycles. The van der Waals surface area contributed by atoms with Crippen LogP contribution in [-0.2, 0) is 4.18 Å². The number of rotatable bonds is 1. The number of hydrogen-bond acceptors (Lipinski definition) is 2. The maximum absolute atomic E-state index is 4.77. The van der Waals surface area contributed by atoms with Gasteiger partial charge in [0.1, 0.15) is 5.44 Å². The second-order valence-electron chi connectivity index (χ2n) is 1.03. The van der Waals surface area contributed by atoms with Crippen LogP contribution >= 0.6 is 12.0 Å². The van der Waals surface area contributed by atoms with E-state index in [4.69, 9.17) is 4.18 Å². The van der Waals surface area contributed by atoms with Crippen molar-refractivity contribution in [1.82, 2.24) is 0 Å². The first-order chi connectivity index (χ1) is 2.43. The van der Waals surface area contributed by atoms with Crippen LogP contribution in [0.5, 0.6) is 0 Å². The van der Waals surface area contributed by atoms with E-state index in [1.165, 1.54) is 0 Å². The summed E-state index contributed by atoms with van der Waals surface area (Å²) in [5.74, 6) is 0. The van der Waals surface area contributed by atoms with Crippen LogP contribution in [0.15, 0.2) is 0 Å². The van der Waals surface area contributed by atoms with Crippen molar-refractivity contribution in [2.24, 2.45) is 0 Å². The van der Waals surface area contributed by atoms with Gasteiger partial charge >= 0.3 is 0 Å². The normalized spacial score (nSPS) is 34.2. The summed E-state index contributed by atoms with van der Waals surface area (Å²) in [5, 5.41) is 0. The van der Waals surface area contributed by atoms with Gasteiger partial charge < -0.3 is 0 Å². The van der Waals surface area contributed by atoms with Crippen molar-refractivity contribution >= 4 is 12.0 Å². The fourth-order valence-electron chi connectivity index (χ4n) is 0.175. The average Bonchev–Trinajstić information content (AvgIpc) is 2.12. The Morgan fingerprint density at radius 1 is 2.00 bits per heavy atom. The third-order valence-corrected chi connectivity index (χ3v) is 1.36. The highest BCUT2D eigenvalue weighted by molar-refractivity contribution is 8.00. The molecule has 0 saturated carbocycles. The molecule has 0 amide bonds. The summed E-state index contributed by atoms with van der Waals surface area (Å²) in [4.78, 5) is 0. The fraction of sp³-hybridized carbons (Fsp3) is 1.00. The zero-order valence-corrected chi connectivity index (χ0v) is 3.92. The monoisotopic (exact) mass is 90.0 g/mol. The van der Waals surface area contributed by atoms with Gasteiger partial charge in [-0.2, -0.15) is 0 Å². The van der Waals surface area contributed by atoms with Crippen LogP contribution in [0.25, 0.3) is 0 Å². The number of hydrogen-bond donors (Lipinski definition) is 0. The first-order valence-electron chi connectivity index (χ1n) is 1.75. The third kappa shape index (κ3) is 0.816. The van der Waals surface area contributed by atoms with Crippen molar-refractivity contribution in [2.75, 3.05) is 0 Å². The molecule has 1 atom stereocenters. The SMILES string of the molecule is CCC1OS1. The first kappa shape index (κ1) is 3.50. The van der Waals surface area contributed by atoms with Gasteiger partial charge in [0.05, 0.1) is 0 Å². The molecule has 1 fully saturated rings. The molecule has 1 aliphatic heterocycles. The Hall–Kier alpha value is 0.310. The van der Waals surface area contributed by atoms with Gasteiger partial charge in [0.15, 0.2) is 0 Å². The molecule has 1 unspecified atom stereocenters. The predicted molar refractivity (Wildman–Crippen MR) is 22.8 cm³/mol. The van der Waals surface area contributed by atoms with E-state index in [1.54, 1.807) is 12.0 Å². The van der Waals surface area contributed by atoms with Crippen LogP contribution < -0.4 is 0 Å². The molecule has 0 N–H and O–H groups in total. The lowest BCUT2D eigenvalue weighted by Gasteiger charge is -1.65. The van der Waals surface area contributed by atoms with Gasteiger partial charge in [0, 0.05) is 12.0 Å². The summed E-state index contributed by atoms with van der Waals surface area (Å²) in [6.07, 6.45) is 1.16. The van der Waals surface area contributed by atoms with E-state index < -0.39 is 0 Å². The summed E-state index contributed by atoms with van der Waals surface area (Å²) in [7, 11) is 0. The van der Waals surface area contributed by atoms with Gasteiger partial charge in [-0.05, 0) is 6.42 Å². The van der Waals surface area contributed by atoms with Crippen molar-refractivity contribution < 1.29 is 4.18 Å². The minimum absolute atomic E-state index is 0.551. The Morgan fingerprint density at radius 2 is 2.60 bits per heavy atom. The molecule has 0 aliphatic carbocycles. The molecule has 0 aromatic carbocycles. The highest BCUT2D eigenvalue weighted by Gasteiger charge is 2.21. The lowest BCUT2D eigenvalue weighted by Crippen LogP contribution is -1.69. The summed E-state index contributed by atoms with van der Waals surface area (Å²) in [5.41, 5.74) is 0.551. The zero-order chi connectivity index (χ0) is 3.70. The van der Waals surface area contributed by atoms with E-state index in [9.17, 15) is 0 Å². The van der Waals surface area contributed by atoms with Crippen LogP contribution in [0.3, 0.4) is 0 Å². The molecule has 1 nitrogen and oxygen atoms in total. The van der Waals surface area contributed by atoms with E-state index in [1.807, 2.05) is 0 Å². The van der Waals surface area contributed by atoms with Gasteiger partial charge in [-0.25, -0.2) is 0 Å². The van der Waals surface area contributed by atoms with Gasteiger partial charge in [-0.15, -0.1) is 0 Å². The smallest absolute Gasteiger partial charge is 0.143 e. The second kappa shape index (κ2) is 1.19. The van der Waals surface area contributed by atoms with E-state index in [0.717, 1.165) is 6.42 Å². The van der Waals surface area contributed by atoms with Gasteiger partial charge in [0.2, 0.25) is 0 Å². The van der Waals surface area contributed by atoms with Crippen molar-refractivity contribution in [3.05, 3.63) is 0 Å². The van der Waals surface area contributed by atoms with Crippen molar-refractivity contribution in [3.63, 3.8) is 0 Å². The van der Waals surface area contributed by atoms with E-state index >= 15 is 0 Å². The van der Waals surface area contributed by atoms with Crippen molar-refractivity contribution in [1.29, 1.82) is 0 Å². The molecule has 0 aromatic heterocycles. The molecule has 0 bridgehead atoms. The minimum atomic E-state index is 0.551. The molecule has 1 rings (SSSR count). The lowest BCUT2D eigenvalue weighted by molar-refractivity contribution is 0.452. The van der Waals surface area contributed by atoms with Crippen LogP contribution in [0.1, 0.15) is 13.3 Å². The topological polar surface area (TPSA) is 12.5 Å². The molecule has 1 heterocycles. The van der Waals surface area contributed by atoms with Gasteiger partial charge in [-0.1, -0.05) is 6.92 Å². The van der Waals surface area contributed by atoms with E-state index in [-0.39, 0.29) is 0 Å². The van der Waals surface area contributed by atoms with Gasteiger partial charge in [0.25, 0.3) is 0 Å². The Morgan fingerprint density at radius 3 is 2.60 bits per heavy atom. The van der Waals surface area contributed by atoms with E-state index in [0.29, 0.717) is 5.44 Å². The van der Waals surface area contributed by atoms with Crippen LogP contribution in [0.2, 0.25) is 0 Å². The summed E-state index contributed by atoms with van der Waals surface area (Å²) >= 11 is 1.57. The highest BCUT2D eigenvalue weighted by Crippen LogP contribution is 2.35. The van der Waals surface area contributed by atoms with E-state index in [2.05, 4.69) is 6.92 Å². The predicted octanol–water partition coefficient (Wildman–Crippen LogP) is 1.40. The maximum atomic E-state index is 4.77. The average molecular weight is 90.1 g/mol. The summed E-state index contributed by atoms with van der Waals surface area (Å²) < 4.78 is 4.77. The van der Waals surface area contributed by atoms with Crippen LogP contribution in [-0.4, -0.2) is 5.44 Å². The second-order valence-corrected chi connectivity index (χ2v) is 1.94. The first-order valence-corrected chi connectivity index (χ1v) is 2.56. The van der Waals surface area contributed by atoms with Gasteiger partial charge in [-0.3, -0.25) is 4.18 Å². The van der Waals surface area contributed by atoms with Crippen LogP contribution in [0, 0.1) is 0 Å². The third-order valence-electron chi connectivity index (χ3n) is 0.566. The Labute approximate surface area is 35.9 Å². The molecular formula is C3H6OS. The Balaban J connectivity index is 2.00. The Bertz CT molecular complexity index is 33.9. The maximum Gasteiger partial charge on any atom is 0.143 e. The standard InChI is InChI=1S/C3H6OS/c1-2-3-4-5-3/h3H,2H2,1H3. The molecule has 0 radical (unpaired) electrons. The summed E-state index contributed by atoms with van der Waals surface area (Å²) in [6, 6.07) is 0. The van der Waals surface area contributed by atoms with Crippen molar-refractivity contribution in [3.8, 4) is 0 Å². The highest BCUT2D eigenvalue weighted by atomic mass is 32.2. The molecule has 5 heavy (non-hydrogen) atoms. The Kier molecular flexibility index (Phi) is 0.830. The van der Waals surface area contributed by atoms with Crippen molar-refractivity contribution in [2.45, 2.75) is 18.8 Å². The summed E-state index contributed by atoms with van der Waals surface area (Å²) in [6.45, 7) is 2.12. The molecule has 0 spiro atoms. The molecule has 0 aromatic rings. The minimum Gasteiger partial charge on any atom is -0.296 e. The lowest BCUT2D eigenvalue weighted by atomic mass is 10.5.